The maximum Gasteiger partial charge on any atom is 0.0407 e. The molecule has 1 aromatic rings. The molecule has 0 bridgehead atoms. The van der Waals surface area contributed by atoms with Gasteiger partial charge < -0.3 is 4.90 Å². The smallest absolute Gasteiger partial charge is 0.0407 e. The molecular formula is C15H24BrN. The van der Waals surface area contributed by atoms with Crippen LogP contribution in [-0.4, -0.2) is 13.1 Å². The van der Waals surface area contributed by atoms with Crippen molar-refractivity contribution in [1.82, 2.24) is 0 Å². The SMILES string of the molecule is CC(C)CN(CC(C)C)c1ccccc1CBr. The lowest BCUT2D eigenvalue weighted by atomic mass is 10.1. The van der Waals surface area contributed by atoms with Crippen LogP contribution in [0.1, 0.15) is 33.3 Å². The minimum absolute atomic E-state index is 0.692. The molecule has 0 aliphatic heterocycles. The molecule has 2 heteroatoms. The van der Waals surface area contributed by atoms with Crippen molar-refractivity contribution in [2.24, 2.45) is 11.8 Å². The highest BCUT2D eigenvalue weighted by atomic mass is 79.9. The van der Waals surface area contributed by atoms with E-state index >= 15 is 0 Å². The van der Waals surface area contributed by atoms with Crippen LogP contribution in [0.15, 0.2) is 24.3 Å². The van der Waals surface area contributed by atoms with Gasteiger partial charge in [0.25, 0.3) is 0 Å². The molecule has 0 saturated carbocycles. The minimum atomic E-state index is 0.692. The maximum absolute atomic E-state index is 3.58. The quantitative estimate of drug-likeness (QED) is 0.688. The van der Waals surface area contributed by atoms with Gasteiger partial charge in [-0.1, -0.05) is 61.8 Å². The molecule has 0 radical (unpaired) electrons. The molecule has 0 spiro atoms. The van der Waals surface area contributed by atoms with Gasteiger partial charge >= 0.3 is 0 Å². The summed E-state index contributed by atoms with van der Waals surface area (Å²) in [5.41, 5.74) is 2.76. The van der Waals surface area contributed by atoms with E-state index < -0.39 is 0 Å². The van der Waals surface area contributed by atoms with Crippen molar-refractivity contribution in [1.29, 1.82) is 0 Å². The molecule has 0 saturated heterocycles. The van der Waals surface area contributed by atoms with Crippen LogP contribution in [0.5, 0.6) is 0 Å². The molecule has 96 valence electrons. The van der Waals surface area contributed by atoms with Gasteiger partial charge in [0.15, 0.2) is 0 Å². The molecule has 0 N–H and O–H groups in total. The van der Waals surface area contributed by atoms with Crippen LogP contribution in [0.3, 0.4) is 0 Å². The Morgan fingerprint density at radius 3 is 2.00 bits per heavy atom. The third kappa shape index (κ3) is 4.71. The van der Waals surface area contributed by atoms with E-state index in [4.69, 9.17) is 0 Å². The predicted molar refractivity (Wildman–Crippen MR) is 81.0 cm³/mol. The Morgan fingerprint density at radius 2 is 1.53 bits per heavy atom. The zero-order chi connectivity index (χ0) is 12.8. The standard InChI is InChI=1S/C15H24BrN/c1-12(2)10-17(11-13(3)4)15-8-6-5-7-14(15)9-16/h5-8,12-13H,9-11H2,1-4H3. The summed E-state index contributed by atoms with van der Waals surface area (Å²) in [7, 11) is 0. The summed E-state index contributed by atoms with van der Waals surface area (Å²) in [4.78, 5) is 2.52. The fourth-order valence-corrected chi connectivity index (χ4v) is 2.56. The minimum Gasteiger partial charge on any atom is -0.371 e. The average Bonchev–Trinajstić information content (AvgIpc) is 2.27. The van der Waals surface area contributed by atoms with E-state index in [-0.39, 0.29) is 0 Å². The summed E-state index contributed by atoms with van der Waals surface area (Å²) < 4.78 is 0. The predicted octanol–water partition coefficient (Wildman–Crippen LogP) is 4.70. The number of benzene rings is 1. The fourth-order valence-electron chi connectivity index (χ4n) is 2.09. The lowest BCUT2D eigenvalue weighted by Crippen LogP contribution is -2.31. The van der Waals surface area contributed by atoms with Crippen LogP contribution in [-0.2, 0) is 5.33 Å². The molecule has 0 aliphatic carbocycles. The molecule has 17 heavy (non-hydrogen) atoms. The Kier molecular flexibility index (Phi) is 6.04. The van der Waals surface area contributed by atoms with Crippen molar-refractivity contribution in [3.8, 4) is 0 Å². The van der Waals surface area contributed by atoms with E-state index in [1.165, 1.54) is 11.3 Å². The molecule has 0 unspecified atom stereocenters. The molecule has 0 fully saturated rings. The molecule has 1 nitrogen and oxygen atoms in total. The van der Waals surface area contributed by atoms with E-state index in [9.17, 15) is 0 Å². The van der Waals surface area contributed by atoms with Crippen LogP contribution >= 0.6 is 15.9 Å². The number of halogens is 1. The van der Waals surface area contributed by atoms with Gasteiger partial charge in [-0.25, -0.2) is 0 Å². The van der Waals surface area contributed by atoms with Gasteiger partial charge in [-0.3, -0.25) is 0 Å². The number of anilines is 1. The maximum atomic E-state index is 3.58. The second-order valence-corrected chi connectivity index (χ2v) is 6.02. The zero-order valence-corrected chi connectivity index (χ0v) is 13.0. The Hall–Kier alpha value is -0.500. The van der Waals surface area contributed by atoms with Gasteiger partial charge in [-0.15, -0.1) is 0 Å². The first-order chi connectivity index (χ1) is 8.04. The summed E-state index contributed by atoms with van der Waals surface area (Å²) >= 11 is 3.58. The van der Waals surface area contributed by atoms with E-state index in [1.54, 1.807) is 0 Å². The van der Waals surface area contributed by atoms with E-state index in [0.29, 0.717) is 11.8 Å². The van der Waals surface area contributed by atoms with Crippen LogP contribution in [0.25, 0.3) is 0 Å². The van der Waals surface area contributed by atoms with Crippen molar-refractivity contribution in [2.75, 3.05) is 18.0 Å². The number of alkyl halides is 1. The van der Waals surface area contributed by atoms with Crippen molar-refractivity contribution in [3.05, 3.63) is 29.8 Å². The summed E-state index contributed by atoms with van der Waals surface area (Å²) in [5, 5.41) is 0.926. The molecule has 0 aromatic heterocycles. The van der Waals surface area contributed by atoms with Crippen LogP contribution in [0.2, 0.25) is 0 Å². The summed E-state index contributed by atoms with van der Waals surface area (Å²) in [5.74, 6) is 1.38. The topological polar surface area (TPSA) is 3.24 Å². The fraction of sp³-hybridized carbons (Fsp3) is 0.600. The Labute approximate surface area is 114 Å². The summed E-state index contributed by atoms with van der Waals surface area (Å²) in [6, 6.07) is 8.69. The van der Waals surface area contributed by atoms with Crippen molar-refractivity contribution in [3.63, 3.8) is 0 Å². The molecule has 0 aliphatic rings. The normalized spacial score (nSPS) is 11.2. The second-order valence-electron chi connectivity index (χ2n) is 5.46. The first kappa shape index (κ1) is 14.6. The largest absolute Gasteiger partial charge is 0.371 e. The number of hydrogen-bond acceptors (Lipinski definition) is 1. The number of nitrogens with zero attached hydrogens (tertiary/aromatic N) is 1. The van der Waals surface area contributed by atoms with Gasteiger partial charge in [0.05, 0.1) is 0 Å². The van der Waals surface area contributed by atoms with Gasteiger partial charge in [0.1, 0.15) is 0 Å². The number of rotatable bonds is 6. The van der Waals surface area contributed by atoms with E-state index in [2.05, 4.69) is 72.8 Å². The third-order valence-electron chi connectivity index (χ3n) is 2.65. The second kappa shape index (κ2) is 7.05. The van der Waals surface area contributed by atoms with Gasteiger partial charge in [0, 0.05) is 24.1 Å². The summed E-state index contributed by atoms with van der Waals surface area (Å²) in [6.07, 6.45) is 0. The van der Waals surface area contributed by atoms with Crippen molar-refractivity contribution in [2.45, 2.75) is 33.0 Å². The van der Waals surface area contributed by atoms with Gasteiger partial charge in [0.2, 0.25) is 0 Å². The molecular weight excluding hydrogens is 274 g/mol. The van der Waals surface area contributed by atoms with E-state index in [0.717, 1.165) is 18.4 Å². The van der Waals surface area contributed by atoms with Gasteiger partial charge in [-0.05, 0) is 23.5 Å². The Morgan fingerprint density at radius 1 is 1.00 bits per heavy atom. The average molecular weight is 298 g/mol. The lowest BCUT2D eigenvalue weighted by Gasteiger charge is -2.30. The number of hydrogen-bond donors (Lipinski definition) is 0. The van der Waals surface area contributed by atoms with Gasteiger partial charge in [-0.2, -0.15) is 0 Å². The zero-order valence-electron chi connectivity index (χ0n) is 11.4. The van der Waals surface area contributed by atoms with Crippen LogP contribution < -0.4 is 4.90 Å². The Bertz CT molecular complexity index is 323. The number of para-hydroxylation sites is 1. The van der Waals surface area contributed by atoms with E-state index in [1.807, 2.05) is 0 Å². The van der Waals surface area contributed by atoms with Crippen LogP contribution in [0, 0.1) is 11.8 Å². The molecule has 0 heterocycles. The lowest BCUT2D eigenvalue weighted by molar-refractivity contribution is 0.552. The highest BCUT2D eigenvalue weighted by molar-refractivity contribution is 9.08. The molecule has 1 aromatic carbocycles. The molecule has 1 rings (SSSR count). The van der Waals surface area contributed by atoms with Crippen molar-refractivity contribution < 1.29 is 0 Å². The highest BCUT2D eigenvalue weighted by Crippen LogP contribution is 2.24. The highest BCUT2D eigenvalue weighted by Gasteiger charge is 2.13. The Balaban J connectivity index is 2.94. The van der Waals surface area contributed by atoms with Crippen LogP contribution in [0.4, 0.5) is 5.69 Å². The first-order valence-corrected chi connectivity index (χ1v) is 7.55. The third-order valence-corrected chi connectivity index (χ3v) is 3.25. The molecule has 0 amide bonds. The first-order valence-electron chi connectivity index (χ1n) is 6.43. The summed E-state index contributed by atoms with van der Waals surface area (Å²) in [6.45, 7) is 11.4. The van der Waals surface area contributed by atoms with Crippen molar-refractivity contribution >= 4 is 21.6 Å². The monoisotopic (exact) mass is 297 g/mol. The molecule has 0 atom stereocenters.